The van der Waals surface area contributed by atoms with Crippen LogP contribution in [-0.2, 0) is 23.1 Å². The quantitative estimate of drug-likeness (QED) is 0.758. The van der Waals surface area contributed by atoms with E-state index in [9.17, 15) is 4.79 Å². The lowest BCUT2D eigenvalue weighted by Crippen LogP contribution is -2.38. The van der Waals surface area contributed by atoms with Gasteiger partial charge in [0, 0.05) is 18.8 Å². The minimum Gasteiger partial charge on any atom is -0.454 e. The second-order valence-electron chi connectivity index (χ2n) is 7.30. The summed E-state index contributed by atoms with van der Waals surface area (Å²) >= 11 is 6.26. The average molecular weight is 408 g/mol. The van der Waals surface area contributed by atoms with Gasteiger partial charge in [-0.2, -0.15) is 5.10 Å². The Hall–Kier alpha value is -2.29. The van der Waals surface area contributed by atoms with Gasteiger partial charge in [-0.15, -0.1) is 0 Å². The molecule has 0 bridgehead atoms. The number of fused-ring (bicyclic) bond motifs is 1. The van der Waals surface area contributed by atoms with E-state index in [0.717, 1.165) is 0 Å². The van der Waals surface area contributed by atoms with Crippen molar-refractivity contribution < 1.29 is 23.7 Å². The maximum atomic E-state index is 13.3. The summed E-state index contributed by atoms with van der Waals surface area (Å²) < 4.78 is 23.9. The molecule has 0 unspecified atom stereocenters. The number of aryl methyl sites for hydroxylation is 1. The predicted molar refractivity (Wildman–Crippen MR) is 100 cm³/mol. The van der Waals surface area contributed by atoms with Gasteiger partial charge in [0.15, 0.2) is 17.3 Å². The Balaban J connectivity index is 1.58. The zero-order valence-electron chi connectivity index (χ0n) is 16.0. The summed E-state index contributed by atoms with van der Waals surface area (Å²) in [5, 5.41) is 4.87. The van der Waals surface area contributed by atoms with Crippen molar-refractivity contribution in [3.63, 3.8) is 0 Å². The van der Waals surface area contributed by atoms with Crippen molar-refractivity contribution >= 4 is 17.5 Å². The molecule has 1 aromatic heterocycles. The minimum absolute atomic E-state index is 0.155. The van der Waals surface area contributed by atoms with Gasteiger partial charge in [-0.1, -0.05) is 11.6 Å². The number of carbonyl (C=O) groups is 1. The molecule has 0 spiro atoms. The number of nitrogens with zero attached hydrogens (tertiary/aromatic N) is 3. The lowest BCUT2D eigenvalue weighted by Gasteiger charge is -2.25. The summed E-state index contributed by atoms with van der Waals surface area (Å²) in [6, 6.07) is 5.15. The summed E-state index contributed by atoms with van der Waals surface area (Å²) in [6.07, 6.45) is 1.47. The number of ether oxygens (including phenoxy) is 4. The second-order valence-corrected chi connectivity index (χ2v) is 7.71. The number of carbonyl (C=O) groups excluding carboxylic acids is 1. The molecular weight excluding hydrogens is 386 g/mol. The van der Waals surface area contributed by atoms with Crippen molar-refractivity contribution in [2.24, 2.45) is 7.05 Å². The normalized spacial score (nSPS) is 19.8. The number of hydrogen-bond donors (Lipinski definition) is 0. The van der Waals surface area contributed by atoms with Gasteiger partial charge >= 0.3 is 0 Å². The van der Waals surface area contributed by atoms with Crippen LogP contribution >= 0.6 is 11.6 Å². The van der Waals surface area contributed by atoms with Crippen LogP contribution in [0.3, 0.4) is 0 Å². The molecule has 0 aliphatic carbocycles. The lowest BCUT2D eigenvalue weighted by molar-refractivity contribution is -0.139. The zero-order valence-corrected chi connectivity index (χ0v) is 16.7. The van der Waals surface area contributed by atoms with E-state index in [4.69, 9.17) is 30.5 Å². The van der Waals surface area contributed by atoms with Crippen molar-refractivity contribution in [1.29, 1.82) is 0 Å². The van der Waals surface area contributed by atoms with Gasteiger partial charge in [0.05, 0.1) is 24.7 Å². The van der Waals surface area contributed by atoms with E-state index in [1.165, 1.54) is 0 Å². The molecule has 1 fully saturated rings. The summed E-state index contributed by atoms with van der Waals surface area (Å²) in [4.78, 5) is 14.9. The van der Waals surface area contributed by atoms with Gasteiger partial charge in [0.25, 0.3) is 5.91 Å². The second kappa shape index (κ2) is 7.27. The smallest absolute Gasteiger partial charge is 0.254 e. The van der Waals surface area contributed by atoms with Crippen molar-refractivity contribution in [1.82, 2.24) is 14.7 Å². The van der Waals surface area contributed by atoms with Crippen LogP contribution in [0.1, 0.15) is 29.9 Å². The molecule has 1 amide bonds. The summed E-state index contributed by atoms with van der Waals surface area (Å²) in [5.74, 6) is 0.350. The largest absolute Gasteiger partial charge is 0.454 e. The highest BCUT2D eigenvalue weighted by Gasteiger charge is 2.35. The molecule has 9 heteroatoms. The molecule has 1 atom stereocenters. The fourth-order valence-corrected chi connectivity index (χ4v) is 3.56. The molecule has 28 heavy (non-hydrogen) atoms. The number of benzene rings is 1. The highest BCUT2D eigenvalue weighted by molar-refractivity contribution is 6.31. The minimum atomic E-state index is -0.666. The number of rotatable bonds is 5. The first-order valence-corrected chi connectivity index (χ1v) is 9.37. The van der Waals surface area contributed by atoms with Crippen LogP contribution in [0.15, 0.2) is 24.4 Å². The SMILES string of the molecule is Cn1cc(Cl)c(CN(C[C@H]2COC(C)(C)O2)C(=O)c2ccc3c(c2)OCO3)n1. The van der Waals surface area contributed by atoms with Crippen LogP contribution in [-0.4, -0.2) is 52.4 Å². The van der Waals surface area contributed by atoms with Crippen LogP contribution in [0.25, 0.3) is 0 Å². The molecule has 150 valence electrons. The molecule has 0 N–H and O–H groups in total. The average Bonchev–Trinajstić information content (AvgIpc) is 3.32. The zero-order chi connectivity index (χ0) is 19.9. The van der Waals surface area contributed by atoms with E-state index in [2.05, 4.69) is 5.10 Å². The maximum absolute atomic E-state index is 13.3. The molecular formula is C19H22ClN3O5. The Labute approximate surface area is 167 Å². The third-order valence-electron chi connectivity index (χ3n) is 4.59. The first kappa shape index (κ1) is 19.0. The fraction of sp³-hybridized carbons (Fsp3) is 0.474. The van der Waals surface area contributed by atoms with Gasteiger partial charge in [0.2, 0.25) is 6.79 Å². The highest BCUT2D eigenvalue weighted by Crippen LogP contribution is 2.33. The van der Waals surface area contributed by atoms with E-state index in [1.807, 2.05) is 13.8 Å². The molecule has 2 aliphatic rings. The van der Waals surface area contributed by atoms with E-state index in [0.29, 0.717) is 40.9 Å². The molecule has 0 saturated carbocycles. The number of aromatic nitrogens is 2. The fourth-order valence-electron chi connectivity index (χ4n) is 3.32. The highest BCUT2D eigenvalue weighted by atomic mass is 35.5. The first-order chi connectivity index (χ1) is 13.3. The predicted octanol–water partition coefficient (Wildman–Crippen LogP) is 2.60. The van der Waals surface area contributed by atoms with Crippen LogP contribution in [0.5, 0.6) is 11.5 Å². The molecule has 2 aromatic rings. The standard InChI is InChI=1S/C19H22ClN3O5/c1-19(2)27-10-13(28-19)7-23(9-15-14(20)8-22(3)21-15)18(24)12-4-5-16-17(6-12)26-11-25-16/h4-6,8,13H,7,9-11H2,1-3H3/t13-/m0/s1. The van der Waals surface area contributed by atoms with Crippen molar-refractivity contribution in [3.8, 4) is 11.5 Å². The Kier molecular flexibility index (Phi) is 4.95. The van der Waals surface area contributed by atoms with E-state index in [-0.39, 0.29) is 25.3 Å². The lowest BCUT2D eigenvalue weighted by atomic mass is 10.1. The maximum Gasteiger partial charge on any atom is 0.254 e. The summed E-state index contributed by atoms with van der Waals surface area (Å²) in [5.41, 5.74) is 1.12. The molecule has 1 saturated heterocycles. The van der Waals surface area contributed by atoms with Gasteiger partial charge in [-0.25, -0.2) is 0 Å². The number of halogens is 1. The van der Waals surface area contributed by atoms with E-state index >= 15 is 0 Å². The topological polar surface area (TPSA) is 75.1 Å². The monoisotopic (exact) mass is 407 g/mol. The molecule has 3 heterocycles. The van der Waals surface area contributed by atoms with Crippen molar-refractivity contribution in [2.75, 3.05) is 19.9 Å². The van der Waals surface area contributed by atoms with Gasteiger partial charge in [-0.3, -0.25) is 9.48 Å². The van der Waals surface area contributed by atoms with Gasteiger partial charge in [0.1, 0.15) is 11.8 Å². The third-order valence-corrected chi connectivity index (χ3v) is 4.91. The van der Waals surface area contributed by atoms with E-state index in [1.54, 1.807) is 41.0 Å². The van der Waals surface area contributed by atoms with Crippen molar-refractivity contribution in [2.45, 2.75) is 32.3 Å². The third kappa shape index (κ3) is 3.94. The first-order valence-electron chi connectivity index (χ1n) is 8.99. The molecule has 2 aliphatic heterocycles. The Bertz CT molecular complexity index is 898. The summed E-state index contributed by atoms with van der Waals surface area (Å²) in [7, 11) is 1.79. The van der Waals surface area contributed by atoms with Crippen LogP contribution in [0, 0.1) is 0 Å². The Morgan fingerprint density at radius 1 is 1.36 bits per heavy atom. The Morgan fingerprint density at radius 3 is 2.82 bits per heavy atom. The number of hydrogen-bond acceptors (Lipinski definition) is 6. The molecule has 4 rings (SSSR count). The number of amides is 1. The van der Waals surface area contributed by atoms with Gasteiger partial charge < -0.3 is 23.8 Å². The van der Waals surface area contributed by atoms with Crippen LogP contribution in [0.2, 0.25) is 5.02 Å². The molecule has 0 radical (unpaired) electrons. The van der Waals surface area contributed by atoms with E-state index < -0.39 is 5.79 Å². The Morgan fingerprint density at radius 2 is 2.14 bits per heavy atom. The molecule has 1 aromatic carbocycles. The van der Waals surface area contributed by atoms with Crippen LogP contribution in [0.4, 0.5) is 0 Å². The van der Waals surface area contributed by atoms with Crippen molar-refractivity contribution in [3.05, 3.63) is 40.7 Å². The van der Waals surface area contributed by atoms with Crippen LogP contribution < -0.4 is 9.47 Å². The van der Waals surface area contributed by atoms with Gasteiger partial charge in [-0.05, 0) is 32.0 Å². The molecule has 8 nitrogen and oxygen atoms in total. The summed E-state index contributed by atoms with van der Waals surface area (Å²) in [6.45, 7) is 4.88.